The summed E-state index contributed by atoms with van der Waals surface area (Å²) in [6.07, 6.45) is 6.30. The van der Waals surface area contributed by atoms with Crippen molar-refractivity contribution in [3.8, 4) is 0 Å². The second-order valence-electron chi connectivity index (χ2n) is 12.9. The number of fused-ring (bicyclic) bond motifs is 2. The van der Waals surface area contributed by atoms with Gasteiger partial charge < -0.3 is 15.0 Å². The van der Waals surface area contributed by atoms with E-state index in [0.717, 1.165) is 42.9 Å². The number of hydrogen-bond acceptors (Lipinski definition) is 6. The second-order valence-corrected chi connectivity index (χ2v) is 14.8. The molecule has 1 N–H and O–H groups in total. The van der Waals surface area contributed by atoms with E-state index in [1.807, 2.05) is 60.7 Å². The van der Waals surface area contributed by atoms with Crippen LogP contribution in [0.5, 0.6) is 0 Å². The number of nitrogens with one attached hydrogen (secondary N) is 1. The normalized spacial score (nSPS) is 19.1. The maximum absolute atomic E-state index is 13.9. The Labute approximate surface area is 262 Å². The zero-order valence-electron chi connectivity index (χ0n) is 26.2. The number of sulfonamides is 1. The number of benzene rings is 2. The average molecular weight is 623 g/mol. The Kier molecular flexibility index (Phi) is 10.1. The highest BCUT2D eigenvalue weighted by atomic mass is 32.2. The molecule has 0 bridgehead atoms. The van der Waals surface area contributed by atoms with Crippen molar-refractivity contribution in [3.63, 3.8) is 0 Å². The third kappa shape index (κ3) is 7.53. The van der Waals surface area contributed by atoms with Gasteiger partial charge in [-0.25, -0.2) is 8.42 Å². The van der Waals surface area contributed by atoms with Crippen LogP contribution in [-0.2, 0) is 36.4 Å². The number of rotatable bonds is 11. The molecule has 0 unspecified atom stereocenters. The Balaban J connectivity index is 1.25. The van der Waals surface area contributed by atoms with E-state index in [4.69, 9.17) is 4.74 Å². The van der Waals surface area contributed by atoms with E-state index in [9.17, 15) is 18.0 Å². The van der Waals surface area contributed by atoms with Gasteiger partial charge in [-0.1, -0.05) is 68.5 Å². The lowest BCUT2D eigenvalue weighted by molar-refractivity contribution is -0.139. The van der Waals surface area contributed by atoms with E-state index >= 15 is 0 Å². The van der Waals surface area contributed by atoms with Gasteiger partial charge in [0, 0.05) is 43.7 Å². The lowest BCUT2D eigenvalue weighted by atomic mass is 9.74. The summed E-state index contributed by atoms with van der Waals surface area (Å²) in [7, 11) is -3.42. The molecule has 1 spiro atoms. The van der Waals surface area contributed by atoms with Gasteiger partial charge >= 0.3 is 0 Å². The van der Waals surface area contributed by atoms with Crippen LogP contribution in [0.15, 0.2) is 66.2 Å². The van der Waals surface area contributed by atoms with Crippen molar-refractivity contribution in [3.05, 3.63) is 77.4 Å². The molecule has 0 radical (unpaired) electrons. The van der Waals surface area contributed by atoms with Crippen molar-refractivity contribution >= 4 is 27.5 Å². The molecule has 0 saturated carbocycles. The molecule has 9 nitrogen and oxygen atoms in total. The van der Waals surface area contributed by atoms with Crippen LogP contribution in [0.1, 0.15) is 50.7 Å². The molecule has 2 aromatic rings. The summed E-state index contributed by atoms with van der Waals surface area (Å²) in [5.74, 6) is 0.262. The number of hydrogen-bond donors (Lipinski definition) is 1. The van der Waals surface area contributed by atoms with Crippen LogP contribution >= 0.6 is 0 Å². The van der Waals surface area contributed by atoms with E-state index in [-0.39, 0.29) is 23.8 Å². The van der Waals surface area contributed by atoms with Gasteiger partial charge in [0.2, 0.25) is 21.8 Å². The lowest BCUT2D eigenvalue weighted by Gasteiger charge is -2.41. The van der Waals surface area contributed by atoms with E-state index in [1.54, 1.807) is 4.90 Å². The molecule has 1 saturated heterocycles. The molecular weight excluding hydrogens is 576 g/mol. The molecule has 5 rings (SSSR count). The van der Waals surface area contributed by atoms with Crippen molar-refractivity contribution in [2.45, 2.75) is 57.6 Å². The number of carbonyl (C=O) groups is 2. The van der Waals surface area contributed by atoms with Crippen LogP contribution in [-0.4, -0.2) is 88.2 Å². The number of anilines is 1. The number of para-hydroxylation sites is 1. The van der Waals surface area contributed by atoms with Gasteiger partial charge in [-0.2, -0.15) is 0 Å². The summed E-state index contributed by atoms with van der Waals surface area (Å²) in [5.41, 5.74) is 3.13. The molecule has 10 heteroatoms. The predicted molar refractivity (Wildman–Crippen MR) is 173 cm³/mol. The highest BCUT2D eigenvalue weighted by molar-refractivity contribution is 7.92. The maximum Gasteiger partial charge on any atom is 0.247 e. The first-order valence-electron chi connectivity index (χ1n) is 15.8. The molecule has 2 aromatic carbocycles. The molecule has 3 aliphatic heterocycles. The summed E-state index contributed by atoms with van der Waals surface area (Å²) in [4.78, 5) is 31.5. The molecule has 0 aromatic heterocycles. The fourth-order valence-electron chi connectivity index (χ4n) is 6.54. The smallest absolute Gasteiger partial charge is 0.247 e. The van der Waals surface area contributed by atoms with Crippen molar-refractivity contribution in [1.29, 1.82) is 0 Å². The Hall–Kier alpha value is -3.21. The minimum Gasteiger partial charge on any atom is -0.374 e. The SMILES string of the molecule is CC(C)CCN1CC=C(C(=O)N[C@H](COCc2ccccc2)C(=O)N2CCC3(CC2)CN(S(C)(=O)=O)c2ccccc23)CC1. The van der Waals surface area contributed by atoms with Gasteiger partial charge in [0.05, 0.1) is 25.2 Å². The summed E-state index contributed by atoms with van der Waals surface area (Å²) in [5, 5.41) is 3.01. The largest absolute Gasteiger partial charge is 0.374 e. The average Bonchev–Trinajstić information content (AvgIpc) is 3.34. The van der Waals surface area contributed by atoms with Crippen LogP contribution in [0.4, 0.5) is 5.69 Å². The van der Waals surface area contributed by atoms with Crippen molar-refractivity contribution in [2.75, 3.05) is 56.4 Å². The molecule has 1 fully saturated rings. The molecule has 1 atom stereocenters. The first-order chi connectivity index (χ1) is 21.1. The summed E-state index contributed by atoms with van der Waals surface area (Å²) < 4.78 is 32.7. The maximum atomic E-state index is 13.9. The van der Waals surface area contributed by atoms with E-state index in [1.165, 1.54) is 10.6 Å². The fourth-order valence-corrected chi connectivity index (χ4v) is 7.54. The number of piperidine rings is 1. The van der Waals surface area contributed by atoms with Crippen LogP contribution in [0.25, 0.3) is 0 Å². The molecule has 3 aliphatic rings. The van der Waals surface area contributed by atoms with E-state index in [0.29, 0.717) is 57.0 Å². The number of nitrogens with zero attached hydrogens (tertiary/aromatic N) is 3. The molecular formula is C34H46N4O5S. The van der Waals surface area contributed by atoms with Gasteiger partial charge in [-0.3, -0.25) is 18.8 Å². The van der Waals surface area contributed by atoms with Gasteiger partial charge in [0.1, 0.15) is 6.04 Å². The molecule has 44 heavy (non-hydrogen) atoms. The first kappa shape index (κ1) is 32.2. The quantitative estimate of drug-likeness (QED) is 0.411. The highest BCUT2D eigenvalue weighted by Gasteiger charge is 2.47. The van der Waals surface area contributed by atoms with Crippen molar-refractivity contribution in [2.24, 2.45) is 5.92 Å². The van der Waals surface area contributed by atoms with Gasteiger partial charge in [-0.05, 0) is 55.3 Å². The van der Waals surface area contributed by atoms with Gasteiger partial charge in [0.25, 0.3) is 0 Å². The summed E-state index contributed by atoms with van der Waals surface area (Å²) in [6, 6.07) is 16.6. The Morgan fingerprint density at radius 3 is 2.36 bits per heavy atom. The van der Waals surface area contributed by atoms with E-state index < -0.39 is 16.1 Å². The van der Waals surface area contributed by atoms with Crippen LogP contribution < -0.4 is 9.62 Å². The zero-order valence-corrected chi connectivity index (χ0v) is 27.0. The van der Waals surface area contributed by atoms with Crippen LogP contribution in [0.2, 0.25) is 0 Å². The van der Waals surface area contributed by atoms with Gasteiger partial charge in [0.15, 0.2) is 0 Å². The zero-order chi connectivity index (χ0) is 31.3. The van der Waals surface area contributed by atoms with Crippen LogP contribution in [0.3, 0.4) is 0 Å². The molecule has 0 aliphatic carbocycles. The third-order valence-corrected chi connectivity index (χ3v) is 10.4. The first-order valence-corrected chi connectivity index (χ1v) is 17.6. The monoisotopic (exact) mass is 622 g/mol. The number of amides is 2. The number of carbonyl (C=O) groups excluding carboxylic acids is 2. The third-order valence-electron chi connectivity index (χ3n) is 9.23. The van der Waals surface area contributed by atoms with Crippen LogP contribution in [0, 0.1) is 5.92 Å². The Bertz CT molecular complexity index is 1450. The topological polar surface area (TPSA) is 99.3 Å². The summed E-state index contributed by atoms with van der Waals surface area (Å²) in [6.45, 7) is 8.76. The molecule has 238 valence electrons. The highest BCUT2D eigenvalue weighted by Crippen LogP contribution is 2.47. The Morgan fingerprint density at radius 2 is 1.70 bits per heavy atom. The van der Waals surface area contributed by atoms with E-state index in [2.05, 4.69) is 24.1 Å². The molecule has 2 amide bonds. The summed E-state index contributed by atoms with van der Waals surface area (Å²) >= 11 is 0. The predicted octanol–water partition coefficient (Wildman–Crippen LogP) is 3.71. The number of ether oxygens (including phenoxy) is 1. The van der Waals surface area contributed by atoms with Gasteiger partial charge in [-0.15, -0.1) is 0 Å². The van der Waals surface area contributed by atoms with Crippen molar-refractivity contribution < 1.29 is 22.7 Å². The van der Waals surface area contributed by atoms with Crippen molar-refractivity contribution in [1.82, 2.24) is 15.1 Å². The second kappa shape index (κ2) is 13.8. The minimum absolute atomic E-state index is 0.0690. The Morgan fingerprint density at radius 1 is 1.00 bits per heavy atom. The fraction of sp³-hybridized carbons (Fsp3) is 0.529. The molecule has 3 heterocycles. The number of likely N-dealkylation sites (tertiary alicyclic amines) is 1. The lowest BCUT2D eigenvalue weighted by Crippen LogP contribution is -2.55. The standard InChI is InChI=1S/C34H46N4O5S/c1-26(2)13-18-36-19-14-28(15-20-36)32(39)35-30(24-43-23-27-9-5-4-6-10-27)33(40)37-21-16-34(17-22-37)25-38(44(3,41)42)31-12-8-7-11-29(31)34/h4-12,14,26,30H,13,15-25H2,1-3H3,(H,35,39)/t30-/m1/s1. The minimum atomic E-state index is -3.42.